The van der Waals surface area contributed by atoms with Gasteiger partial charge in [0.2, 0.25) is 5.91 Å². The molecule has 0 bridgehead atoms. The van der Waals surface area contributed by atoms with Gasteiger partial charge in [-0.3, -0.25) is 9.89 Å². The molecule has 4 rings (SSSR count). The highest BCUT2D eigenvalue weighted by Gasteiger charge is 2.22. The molecule has 0 spiro atoms. The number of hydrogen-bond donors (Lipinski definition) is 2. The molecular formula is C22H30N4O3. The minimum absolute atomic E-state index is 0.0146. The van der Waals surface area contributed by atoms with Crippen LogP contribution in [-0.4, -0.2) is 54.4 Å². The topological polar surface area (TPSA) is 79.5 Å². The van der Waals surface area contributed by atoms with Crippen molar-refractivity contribution < 1.29 is 14.3 Å². The number of amides is 1. The summed E-state index contributed by atoms with van der Waals surface area (Å²) in [5.74, 6) is 2.76. The first-order chi connectivity index (χ1) is 14.2. The number of carbonyl (C=O) groups excluding carboxylic acids is 1. The van der Waals surface area contributed by atoms with Crippen molar-refractivity contribution in [3.63, 3.8) is 0 Å². The number of carbonyl (C=O) groups is 1. The second-order valence-corrected chi connectivity index (χ2v) is 7.99. The van der Waals surface area contributed by atoms with Gasteiger partial charge in [0.15, 0.2) is 11.5 Å². The molecule has 2 N–H and O–H groups in total. The van der Waals surface area contributed by atoms with E-state index < -0.39 is 0 Å². The highest BCUT2D eigenvalue weighted by atomic mass is 16.5. The number of nitrogens with zero attached hydrogens (tertiary/aromatic N) is 2. The van der Waals surface area contributed by atoms with Crippen LogP contribution in [0, 0.1) is 5.92 Å². The maximum atomic E-state index is 12.2. The third-order valence-corrected chi connectivity index (χ3v) is 5.56. The normalized spacial score (nSPS) is 16.7. The molecule has 1 saturated heterocycles. The number of likely N-dealkylation sites (tertiary alicyclic amines) is 1. The van der Waals surface area contributed by atoms with Gasteiger partial charge in [-0.25, -0.2) is 0 Å². The zero-order valence-corrected chi connectivity index (χ0v) is 17.1. The predicted octanol–water partition coefficient (Wildman–Crippen LogP) is 3.69. The first kappa shape index (κ1) is 19.8. The van der Waals surface area contributed by atoms with Crippen molar-refractivity contribution >= 4 is 11.7 Å². The highest BCUT2D eigenvalue weighted by Crippen LogP contribution is 2.35. The summed E-state index contributed by atoms with van der Waals surface area (Å²) < 4.78 is 11.3. The van der Waals surface area contributed by atoms with Crippen LogP contribution >= 0.6 is 0 Å². The quantitative estimate of drug-likeness (QED) is 0.638. The van der Waals surface area contributed by atoms with Gasteiger partial charge in [-0.05, 0) is 75.9 Å². The van der Waals surface area contributed by atoms with Crippen LogP contribution in [-0.2, 0) is 4.79 Å². The average Bonchev–Trinajstić information content (AvgIpc) is 3.20. The fourth-order valence-electron chi connectivity index (χ4n) is 3.65. The van der Waals surface area contributed by atoms with E-state index in [1.807, 2.05) is 24.3 Å². The second-order valence-electron chi connectivity index (χ2n) is 7.99. The monoisotopic (exact) mass is 398 g/mol. The van der Waals surface area contributed by atoms with Crippen molar-refractivity contribution in [1.29, 1.82) is 0 Å². The first-order valence-corrected chi connectivity index (χ1v) is 10.6. The Balaban J connectivity index is 1.30. The summed E-state index contributed by atoms with van der Waals surface area (Å²) >= 11 is 0. The van der Waals surface area contributed by atoms with E-state index in [9.17, 15) is 4.79 Å². The molecule has 2 aromatic rings. The van der Waals surface area contributed by atoms with Crippen LogP contribution in [0.2, 0.25) is 0 Å². The zero-order chi connectivity index (χ0) is 20.1. The lowest BCUT2D eigenvalue weighted by Crippen LogP contribution is -2.22. The molecule has 1 aliphatic heterocycles. The van der Waals surface area contributed by atoms with Crippen molar-refractivity contribution in [3.05, 3.63) is 24.3 Å². The lowest BCUT2D eigenvalue weighted by Gasteiger charge is -2.13. The van der Waals surface area contributed by atoms with Gasteiger partial charge in [-0.1, -0.05) is 0 Å². The Bertz CT molecular complexity index is 825. The van der Waals surface area contributed by atoms with Gasteiger partial charge in [0.1, 0.15) is 5.82 Å². The predicted molar refractivity (Wildman–Crippen MR) is 112 cm³/mol. The molecule has 1 amide bonds. The molecule has 29 heavy (non-hydrogen) atoms. The van der Waals surface area contributed by atoms with E-state index in [-0.39, 0.29) is 5.91 Å². The molecule has 1 aromatic heterocycles. The number of aromatic nitrogens is 2. The third-order valence-electron chi connectivity index (χ3n) is 5.56. The molecule has 1 saturated carbocycles. The summed E-state index contributed by atoms with van der Waals surface area (Å²) in [6, 6.07) is 7.64. The molecular weight excluding hydrogens is 368 g/mol. The molecule has 0 unspecified atom stereocenters. The van der Waals surface area contributed by atoms with Gasteiger partial charge >= 0.3 is 0 Å². The van der Waals surface area contributed by atoms with Gasteiger partial charge in [0, 0.05) is 18.1 Å². The molecule has 2 heterocycles. The van der Waals surface area contributed by atoms with E-state index in [0.717, 1.165) is 36.6 Å². The number of aromatic amines is 1. The maximum Gasteiger partial charge on any atom is 0.225 e. The Morgan fingerprint density at radius 1 is 1.24 bits per heavy atom. The van der Waals surface area contributed by atoms with E-state index in [4.69, 9.17) is 9.47 Å². The third kappa shape index (κ3) is 5.50. The molecule has 2 fully saturated rings. The molecule has 1 aromatic carbocycles. The van der Waals surface area contributed by atoms with Crippen LogP contribution in [0.3, 0.4) is 0 Å². The Labute approximate surface area is 171 Å². The second kappa shape index (κ2) is 9.31. The SMILES string of the molecule is COc1cc(-c2cc(NC(=O)CCCN3CCCC3)[nH]n2)ccc1OCC1CC1. The Kier molecular flexibility index (Phi) is 6.34. The number of hydrogen-bond acceptors (Lipinski definition) is 5. The molecule has 0 radical (unpaired) electrons. The maximum absolute atomic E-state index is 12.2. The number of rotatable bonds is 10. The van der Waals surface area contributed by atoms with Crippen LogP contribution in [0.1, 0.15) is 38.5 Å². The lowest BCUT2D eigenvalue weighted by atomic mass is 10.1. The number of methoxy groups -OCH3 is 1. The molecule has 7 heteroatoms. The van der Waals surface area contributed by atoms with E-state index in [1.165, 1.54) is 38.8 Å². The summed E-state index contributed by atoms with van der Waals surface area (Å²) in [6.07, 6.45) is 6.46. The summed E-state index contributed by atoms with van der Waals surface area (Å²) in [6.45, 7) is 4.07. The minimum atomic E-state index is 0.0146. The van der Waals surface area contributed by atoms with Crippen LogP contribution in [0.5, 0.6) is 11.5 Å². The van der Waals surface area contributed by atoms with Gasteiger partial charge in [0.05, 0.1) is 19.4 Å². The minimum Gasteiger partial charge on any atom is -0.493 e. The number of benzene rings is 1. The van der Waals surface area contributed by atoms with Crippen molar-refractivity contribution in [1.82, 2.24) is 15.1 Å². The summed E-state index contributed by atoms with van der Waals surface area (Å²) in [4.78, 5) is 14.6. The molecule has 156 valence electrons. The van der Waals surface area contributed by atoms with Gasteiger partial charge in [-0.15, -0.1) is 0 Å². The van der Waals surface area contributed by atoms with E-state index in [1.54, 1.807) is 7.11 Å². The summed E-state index contributed by atoms with van der Waals surface area (Å²) in [5, 5.41) is 10.1. The van der Waals surface area contributed by atoms with Crippen LogP contribution in [0.15, 0.2) is 24.3 Å². The summed E-state index contributed by atoms with van der Waals surface area (Å²) in [5.41, 5.74) is 1.66. The van der Waals surface area contributed by atoms with Crippen LogP contribution in [0.25, 0.3) is 11.3 Å². The van der Waals surface area contributed by atoms with Crippen LogP contribution < -0.4 is 14.8 Å². The average molecular weight is 399 g/mol. The first-order valence-electron chi connectivity index (χ1n) is 10.6. The van der Waals surface area contributed by atoms with Gasteiger partial charge < -0.3 is 19.7 Å². The van der Waals surface area contributed by atoms with Crippen molar-refractivity contribution in [2.24, 2.45) is 5.92 Å². The largest absolute Gasteiger partial charge is 0.493 e. The van der Waals surface area contributed by atoms with E-state index in [2.05, 4.69) is 20.4 Å². The molecule has 0 atom stereocenters. The highest BCUT2D eigenvalue weighted by molar-refractivity contribution is 5.90. The van der Waals surface area contributed by atoms with E-state index in [0.29, 0.717) is 23.9 Å². The number of ether oxygens (including phenoxy) is 2. The lowest BCUT2D eigenvalue weighted by molar-refractivity contribution is -0.116. The molecule has 2 aliphatic rings. The Hall–Kier alpha value is -2.54. The van der Waals surface area contributed by atoms with Crippen molar-refractivity contribution in [3.8, 4) is 22.8 Å². The summed E-state index contributed by atoms with van der Waals surface area (Å²) in [7, 11) is 1.64. The standard InChI is InChI=1S/C22H30N4O3/c1-28-20-13-17(8-9-19(20)29-15-16-6-7-16)18-14-21(25-24-18)23-22(27)5-4-12-26-10-2-3-11-26/h8-9,13-14,16H,2-7,10-12,15H2,1H3,(H2,23,24,25,27). The Morgan fingerprint density at radius 2 is 2.07 bits per heavy atom. The van der Waals surface area contributed by atoms with E-state index >= 15 is 0 Å². The zero-order valence-electron chi connectivity index (χ0n) is 17.1. The van der Waals surface area contributed by atoms with Gasteiger partial charge in [0.25, 0.3) is 0 Å². The Morgan fingerprint density at radius 3 is 2.83 bits per heavy atom. The smallest absolute Gasteiger partial charge is 0.225 e. The molecule has 7 nitrogen and oxygen atoms in total. The van der Waals surface area contributed by atoms with Crippen molar-refractivity contribution in [2.75, 3.05) is 38.7 Å². The number of nitrogens with one attached hydrogen (secondary N) is 2. The van der Waals surface area contributed by atoms with Crippen LogP contribution in [0.4, 0.5) is 5.82 Å². The fraction of sp³-hybridized carbons (Fsp3) is 0.545. The number of H-pyrrole nitrogens is 1. The molecule has 1 aliphatic carbocycles. The van der Waals surface area contributed by atoms with Crippen molar-refractivity contribution in [2.45, 2.75) is 38.5 Å². The van der Waals surface area contributed by atoms with Gasteiger partial charge in [-0.2, -0.15) is 5.10 Å². The fourth-order valence-corrected chi connectivity index (χ4v) is 3.65. The number of anilines is 1.